The Labute approximate surface area is 186 Å². The Balaban J connectivity index is 2.08. The van der Waals surface area contributed by atoms with Crippen LogP contribution in [0.25, 0.3) is 22.2 Å². The molecule has 0 radical (unpaired) electrons. The SMILES string of the molecule is CC(Br)C(=O)c1ccc2c(c1)cc(-c1c(F)cccc1F)n2S(=O)(=O)c1ccccc1. The van der Waals surface area contributed by atoms with Crippen molar-refractivity contribution >= 4 is 42.6 Å². The van der Waals surface area contributed by atoms with E-state index in [0.717, 1.165) is 16.1 Å². The van der Waals surface area contributed by atoms with Gasteiger partial charge in [-0.05, 0) is 55.5 Å². The predicted molar refractivity (Wildman–Crippen MR) is 119 cm³/mol. The first-order chi connectivity index (χ1) is 14.7. The minimum absolute atomic E-state index is 0.0280. The number of hydrogen-bond acceptors (Lipinski definition) is 3. The highest BCUT2D eigenvalue weighted by molar-refractivity contribution is 9.10. The topological polar surface area (TPSA) is 56.1 Å². The zero-order valence-corrected chi connectivity index (χ0v) is 18.6. The fourth-order valence-corrected chi connectivity index (χ4v) is 5.25. The number of hydrogen-bond donors (Lipinski definition) is 0. The van der Waals surface area contributed by atoms with Crippen molar-refractivity contribution in [2.75, 3.05) is 0 Å². The van der Waals surface area contributed by atoms with E-state index in [9.17, 15) is 22.0 Å². The summed E-state index contributed by atoms with van der Waals surface area (Å²) >= 11 is 3.23. The second-order valence-corrected chi connectivity index (χ2v) is 10.1. The molecule has 0 fully saturated rings. The third kappa shape index (κ3) is 3.70. The molecule has 0 aliphatic carbocycles. The predicted octanol–water partition coefficient (Wildman–Crippen LogP) is 5.79. The van der Waals surface area contributed by atoms with Gasteiger partial charge in [-0.1, -0.05) is 40.2 Å². The lowest BCUT2D eigenvalue weighted by molar-refractivity contribution is 0.0996. The molecule has 4 rings (SSSR count). The average Bonchev–Trinajstić information content (AvgIpc) is 3.12. The van der Waals surface area contributed by atoms with Gasteiger partial charge in [0.25, 0.3) is 10.0 Å². The van der Waals surface area contributed by atoms with Gasteiger partial charge in [-0.15, -0.1) is 0 Å². The number of nitrogens with zero attached hydrogens (tertiary/aromatic N) is 1. The summed E-state index contributed by atoms with van der Waals surface area (Å²) in [7, 11) is -4.19. The van der Waals surface area contributed by atoms with E-state index in [4.69, 9.17) is 0 Å². The first-order valence-corrected chi connectivity index (χ1v) is 11.7. The third-order valence-corrected chi connectivity index (χ3v) is 7.06. The quantitative estimate of drug-likeness (QED) is 0.256. The standard InChI is InChI=1S/C23H16BrF2NO3S/c1-14(24)23(28)15-10-11-20-16(12-15)13-21(22-18(25)8-5-9-19(22)26)27(20)31(29,30)17-6-3-2-4-7-17/h2-14H,1H3. The van der Waals surface area contributed by atoms with Crippen molar-refractivity contribution in [1.82, 2.24) is 3.97 Å². The summed E-state index contributed by atoms with van der Waals surface area (Å²) in [6.07, 6.45) is 0. The van der Waals surface area contributed by atoms with Crippen molar-refractivity contribution in [3.8, 4) is 11.3 Å². The van der Waals surface area contributed by atoms with E-state index in [0.29, 0.717) is 10.9 Å². The van der Waals surface area contributed by atoms with Crippen LogP contribution in [-0.4, -0.2) is 23.0 Å². The largest absolute Gasteiger partial charge is 0.293 e. The molecule has 0 aliphatic heterocycles. The van der Waals surface area contributed by atoms with Crippen LogP contribution in [-0.2, 0) is 10.0 Å². The number of carbonyl (C=O) groups is 1. The van der Waals surface area contributed by atoms with Crippen LogP contribution < -0.4 is 0 Å². The molecule has 158 valence electrons. The normalized spacial score (nSPS) is 12.8. The van der Waals surface area contributed by atoms with E-state index >= 15 is 0 Å². The Bertz CT molecular complexity index is 1390. The molecule has 0 saturated carbocycles. The van der Waals surface area contributed by atoms with Gasteiger partial charge in [-0.2, -0.15) is 0 Å². The highest BCUT2D eigenvalue weighted by Crippen LogP contribution is 2.35. The Kier molecular flexibility index (Phi) is 5.53. The number of alkyl halides is 1. The van der Waals surface area contributed by atoms with Crippen LogP contribution in [0, 0.1) is 11.6 Å². The molecule has 0 bridgehead atoms. The highest BCUT2D eigenvalue weighted by atomic mass is 79.9. The second kappa shape index (κ2) is 8.01. The minimum atomic E-state index is -4.19. The molecule has 0 saturated heterocycles. The van der Waals surface area contributed by atoms with E-state index in [1.807, 2.05) is 0 Å². The van der Waals surface area contributed by atoms with Crippen molar-refractivity contribution in [1.29, 1.82) is 0 Å². The molecule has 1 heterocycles. The number of fused-ring (bicyclic) bond motifs is 1. The molecule has 1 atom stereocenters. The summed E-state index contributed by atoms with van der Waals surface area (Å²) in [6.45, 7) is 1.68. The maximum absolute atomic E-state index is 14.6. The Hall–Kier alpha value is -2.84. The molecule has 0 amide bonds. The van der Waals surface area contributed by atoms with E-state index in [2.05, 4.69) is 15.9 Å². The molecule has 4 aromatic rings. The maximum Gasteiger partial charge on any atom is 0.268 e. The van der Waals surface area contributed by atoms with Crippen molar-refractivity contribution in [3.05, 3.63) is 90.0 Å². The van der Waals surface area contributed by atoms with E-state index < -0.39 is 32.0 Å². The zero-order chi connectivity index (χ0) is 22.3. The number of aromatic nitrogens is 1. The monoisotopic (exact) mass is 503 g/mol. The van der Waals surface area contributed by atoms with Crippen molar-refractivity contribution in [3.63, 3.8) is 0 Å². The molecule has 3 aromatic carbocycles. The number of benzene rings is 3. The van der Waals surface area contributed by atoms with Gasteiger partial charge in [0, 0.05) is 10.9 Å². The van der Waals surface area contributed by atoms with Crippen LogP contribution in [0.4, 0.5) is 8.78 Å². The van der Waals surface area contributed by atoms with Gasteiger partial charge in [0.1, 0.15) is 11.6 Å². The van der Waals surface area contributed by atoms with Crippen LogP contribution in [0.1, 0.15) is 17.3 Å². The summed E-state index contributed by atoms with van der Waals surface area (Å²) in [4.78, 5) is 11.9. The summed E-state index contributed by atoms with van der Waals surface area (Å²) in [5, 5.41) is 0.371. The fraction of sp³-hybridized carbons (Fsp3) is 0.0870. The van der Waals surface area contributed by atoms with Crippen LogP contribution in [0.15, 0.2) is 77.7 Å². The first kappa shape index (κ1) is 21.4. The van der Waals surface area contributed by atoms with Crippen LogP contribution in [0.3, 0.4) is 0 Å². The number of rotatable bonds is 5. The Morgan fingerprint density at radius 1 is 0.935 bits per heavy atom. The Morgan fingerprint density at radius 2 is 1.58 bits per heavy atom. The summed E-state index contributed by atoms with van der Waals surface area (Å²) in [5.74, 6) is -1.98. The van der Waals surface area contributed by atoms with Gasteiger partial charge < -0.3 is 0 Å². The lowest BCUT2D eigenvalue weighted by atomic mass is 10.1. The van der Waals surface area contributed by atoms with Gasteiger partial charge >= 0.3 is 0 Å². The number of carbonyl (C=O) groups excluding carboxylic acids is 1. The van der Waals surface area contributed by atoms with Gasteiger partial charge in [0.05, 0.1) is 26.5 Å². The molecular formula is C23H16BrF2NO3S. The molecule has 0 N–H and O–H groups in total. The lowest BCUT2D eigenvalue weighted by Crippen LogP contribution is -2.15. The average molecular weight is 504 g/mol. The second-order valence-electron chi connectivity index (χ2n) is 6.96. The summed E-state index contributed by atoms with van der Waals surface area (Å²) in [5.41, 5.74) is -0.0575. The Morgan fingerprint density at radius 3 is 2.19 bits per heavy atom. The summed E-state index contributed by atoms with van der Waals surface area (Å²) < 4.78 is 57.2. The molecule has 8 heteroatoms. The third-order valence-electron chi connectivity index (χ3n) is 4.90. The van der Waals surface area contributed by atoms with Crippen molar-refractivity contribution < 1.29 is 22.0 Å². The van der Waals surface area contributed by atoms with E-state index in [1.165, 1.54) is 42.5 Å². The number of ketones is 1. The van der Waals surface area contributed by atoms with Crippen LogP contribution >= 0.6 is 15.9 Å². The van der Waals surface area contributed by atoms with Gasteiger partial charge in [0.2, 0.25) is 0 Å². The lowest BCUT2D eigenvalue weighted by Gasteiger charge is -2.13. The van der Waals surface area contributed by atoms with E-state index in [1.54, 1.807) is 25.1 Å². The number of Topliss-reactive ketones (excluding diaryl/α,β-unsaturated/α-hetero) is 1. The van der Waals surface area contributed by atoms with Crippen LogP contribution in [0.2, 0.25) is 0 Å². The first-order valence-electron chi connectivity index (χ1n) is 9.30. The molecule has 31 heavy (non-hydrogen) atoms. The fourth-order valence-electron chi connectivity index (χ4n) is 3.45. The molecule has 4 nitrogen and oxygen atoms in total. The minimum Gasteiger partial charge on any atom is -0.293 e. The highest BCUT2D eigenvalue weighted by Gasteiger charge is 2.27. The zero-order valence-electron chi connectivity index (χ0n) is 16.2. The molecule has 1 aromatic heterocycles. The van der Waals surface area contributed by atoms with Crippen molar-refractivity contribution in [2.24, 2.45) is 0 Å². The summed E-state index contributed by atoms with van der Waals surface area (Å²) in [6, 6.07) is 16.8. The van der Waals surface area contributed by atoms with Crippen LogP contribution in [0.5, 0.6) is 0 Å². The maximum atomic E-state index is 14.6. The van der Waals surface area contributed by atoms with Gasteiger partial charge in [-0.25, -0.2) is 21.2 Å². The number of halogens is 3. The molecular weight excluding hydrogens is 488 g/mol. The molecule has 0 aliphatic rings. The smallest absolute Gasteiger partial charge is 0.268 e. The van der Waals surface area contributed by atoms with E-state index in [-0.39, 0.29) is 21.9 Å². The van der Waals surface area contributed by atoms with Gasteiger partial charge in [0.15, 0.2) is 5.78 Å². The van der Waals surface area contributed by atoms with Gasteiger partial charge in [-0.3, -0.25) is 4.79 Å². The molecule has 0 spiro atoms. The van der Waals surface area contributed by atoms with Crippen molar-refractivity contribution in [2.45, 2.75) is 16.6 Å². The molecule has 1 unspecified atom stereocenters.